The molecule has 0 spiro atoms. The Kier molecular flexibility index (Phi) is 11.9. The Morgan fingerprint density at radius 3 is 2.61 bits per heavy atom. The van der Waals surface area contributed by atoms with Gasteiger partial charge in [-0.25, -0.2) is 0 Å². The predicted octanol–water partition coefficient (Wildman–Crippen LogP) is 3.28. The second kappa shape index (κ2) is 11.5. The zero-order valence-electron chi connectivity index (χ0n) is 11.8. The van der Waals surface area contributed by atoms with E-state index < -0.39 is 0 Å². The van der Waals surface area contributed by atoms with Gasteiger partial charge in [-0.3, -0.25) is 0 Å². The van der Waals surface area contributed by atoms with Crippen LogP contribution in [0.4, 0.5) is 0 Å². The van der Waals surface area contributed by atoms with E-state index in [0.29, 0.717) is 0 Å². The first kappa shape index (κ1) is 18.6. The topological polar surface area (TPSA) is 35.9 Å². The van der Waals surface area contributed by atoms with E-state index in [-0.39, 0.29) is 0 Å². The Labute approximate surface area is 136 Å². The molecule has 4 unspecified atom stereocenters. The van der Waals surface area contributed by atoms with Gasteiger partial charge in [-0.15, -0.1) is 6.54 Å². The molecule has 2 fully saturated rings. The van der Waals surface area contributed by atoms with Crippen molar-refractivity contribution in [3.63, 3.8) is 0 Å². The van der Waals surface area contributed by atoms with Crippen molar-refractivity contribution in [1.82, 2.24) is 5.32 Å². The van der Waals surface area contributed by atoms with Crippen LogP contribution in [0.15, 0.2) is 0 Å². The van der Waals surface area contributed by atoms with Crippen LogP contribution in [-0.4, -0.2) is 18.8 Å². The van der Waals surface area contributed by atoms with E-state index in [1.807, 2.05) is 6.21 Å². The standard InChI is InChI=1S/C12H22N.C2H4N.CH.Tm/c1-3-4-10-5-6-11-9(2)7-8-13-12(10)11;1-2-3;;/h7,9-13H,3-6,8H2,1-2H3;3H,1H3;1H;/q2*-1;;. The molecule has 2 nitrogen and oxygen atoms in total. The van der Waals surface area contributed by atoms with E-state index in [2.05, 4.69) is 62.3 Å². The summed E-state index contributed by atoms with van der Waals surface area (Å²) < 4.78 is 4.39. The first-order chi connectivity index (χ1) is 8.74. The van der Waals surface area contributed by atoms with E-state index in [4.69, 9.17) is 5.41 Å². The molecular formula is C15H27N2Tm-2. The molecule has 1 saturated carbocycles. The van der Waals surface area contributed by atoms with Gasteiger partial charge in [0, 0.05) is 6.04 Å². The second-order valence-electron chi connectivity index (χ2n) is 5.07. The van der Waals surface area contributed by atoms with Crippen LogP contribution < -0.4 is 5.32 Å². The van der Waals surface area contributed by atoms with Crippen LogP contribution in [0.3, 0.4) is 0 Å². The monoisotopic (exact) mass is 404 g/mol. The Morgan fingerprint density at radius 2 is 2.06 bits per heavy atom. The molecule has 4 atom stereocenters. The van der Waals surface area contributed by atoms with Gasteiger partial charge in [0.05, 0.1) is 0 Å². The van der Waals surface area contributed by atoms with Crippen molar-refractivity contribution in [3.05, 3.63) is 6.42 Å². The van der Waals surface area contributed by atoms with Crippen LogP contribution in [0.1, 0.15) is 46.5 Å². The number of hydrogen-bond donors (Lipinski definition) is 2. The quantitative estimate of drug-likeness (QED) is 0.538. The predicted molar refractivity (Wildman–Crippen MR) is 74.7 cm³/mol. The summed E-state index contributed by atoms with van der Waals surface area (Å²) >= 11 is 2.06. The number of nitrogens with one attached hydrogen (secondary N) is 2. The SMILES string of the molecule is CCCC1CCC2C(C)[CH-]CNC12.C[C-]=N.[CH]#[Tm]. The molecule has 0 amide bonds. The first-order valence-corrected chi connectivity index (χ1v) is 7.83. The zero-order chi connectivity index (χ0) is 14.0. The average molecular weight is 404 g/mol. The Morgan fingerprint density at radius 1 is 1.44 bits per heavy atom. The Balaban J connectivity index is 0.000000509. The fourth-order valence-electron chi connectivity index (χ4n) is 3.28. The molecule has 2 rings (SSSR count). The molecular weight excluding hydrogens is 377 g/mol. The van der Waals surface area contributed by atoms with Crippen LogP contribution in [0.5, 0.6) is 0 Å². The summed E-state index contributed by atoms with van der Waals surface area (Å²) in [5.74, 6) is 2.78. The van der Waals surface area contributed by atoms with Crippen LogP contribution in [-0.2, 0) is 0 Å². The van der Waals surface area contributed by atoms with Crippen molar-refractivity contribution in [3.8, 4) is 2.50 Å². The van der Waals surface area contributed by atoms with E-state index >= 15 is 0 Å². The van der Waals surface area contributed by atoms with Crippen molar-refractivity contribution in [2.45, 2.75) is 52.5 Å². The minimum absolute atomic E-state index is 0.847. The number of rotatable bonds is 2. The molecule has 3 heteroatoms. The van der Waals surface area contributed by atoms with Crippen LogP contribution >= 0.6 is 0 Å². The summed E-state index contributed by atoms with van der Waals surface area (Å²) in [5, 5.41) is 9.65. The maximum atomic E-state index is 5.96. The fourth-order valence-corrected chi connectivity index (χ4v) is 3.28. The molecule has 2 N–H and O–H groups in total. The van der Waals surface area contributed by atoms with Gasteiger partial charge in [0.15, 0.2) is 0 Å². The molecule has 1 aliphatic carbocycles. The molecule has 1 heterocycles. The van der Waals surface area contributed by atoms with Crippen molar-refractivity contribution < 1.29 is 34.2 Å². The maximum absolute atomic E-state index is 5.96. The summed E-state index contributed by atoms with van der Waals surface area (Å²) in [6.45, 7) is 7.39. The van der Waals surface area contributed by atoms with Crippen molar-refractivity contribution >= 4 is 6.21 Å². The molecule has 0 aromatic carbocycles. The fraction of sp³-hybridized carbons (Fsp3) is 0.800. The number of hydrogen-bond acceptors (Lipinski definition) is 2. The summed E-state index contributed by atoms with van der Waals surface area (Å²) in [6, 6.07) is 0.847. The summed E-state index contributed by atoms with van der Waals surface area (Å²) in [4.78, 5) is 0. The normalized spacial score (nSPS) is 33.3. The van der Waals surface area contributed by atoms with E-state index in [9.17, 15) is 0 Å². The summed E-state index contributed by atoms with van der Waals surface area (Å²) in [5.41, 5.74) is 0. The van der Waals surface area contributed by atoms with Crippen LogP contribution in [0.25, 0.3) is 0 Å². The minimum atomic E-state index is 0.847. The third-order valence-electron chi connectivity index (χ3n) is 4.02. The molecule has 0 bridgehead atoms. The molecule has 0 aromatic heterocycles. The Hall–Kier alpha value is 0.644. The average Bonchev–Trinajstić information content (AvgIpc) is 2.78. The second-order valence-corrected chi connectivity index (χ2v) is 5.07. The summed E-state index contributed by atoms with van der Waals surface area (Å²) in [7, 11) is 0. The first-order valence-electron chi connectivity index (χ1n) is 6.80. The van der Waals surface area contributed by atoms with Gasteiger partial charge >= 0.3 is 36.7 Å². The van der Waals surface area contributed by atoms with Crippen molar-refractivity contribution in [1.29, 1.82) is 5.41 Å². The van der Waals surface area contributed by atoms with Gasteiger partial charge in [0.2, 0.25) is 0 Å². The van der Waals surface area contributed by atoms with Gasteiger partial charge < -0.3 is 23.4 Å². The van der Waals surface area contributed by atoms with Crippen LogP contribution in [0, 0.1) is 66.3 Å². The van der Waals surface area contributed by atoms with Gasteiger partial charge in [-0.05, 0) is 18.8 Å². The molecule has 2 aliphatic rings. The van der Waals surface area contributed by atoms with Crippen molar-refractivity contribution in [2.24, 2.45) is 17.8 Å². The van der Waals surface area contributed by atoms with Gasteiger partial charge in [-0.1, -0.05) is 32.6 Å². The Bertz CT molecular complexity index is 240. The number of piperidine rings is 1. The van der Waals surface area contributed by atoms with Gasteiger partial charge in [0.25, 0.3) is 0 Å². The molecule has 112 valence electrons. The molecule has 1 saturated heterocycles. The van der Waals surface area contributed by atoms with Crippen molar-refractivity contribution in [2.75, 3.05) is 6.54 Å². The summed E-state index contributed by atoms with van der Waals surface area (Å²) in [6.07, 6.45) is 10.2. The molecule has 18 heavy (non-hydrogen) atoms. The molecule has 0 aromatic rings. The third-order valence-corrected chi connectivity index (χ3v) is 4.02. The van der Waals surface area contributed by atoms with Gasteiger partial charge in [0.1, 0.15) is 0 Å². The molecule has 0 radical (unpaired) electrons. The van der Waals surface area contributed by atoms with E-state index in [1.54, 1.807) is 6.92 Å². The third kappa shape index (κ3) is 5.74. The zero-order valence-corrected chi connectivity index (χ0v) is 13.6. The van der Waals surface area contributed by atoms with Crippen LogP contribution in [0.2, 0.25) is 0 Å². The molecule has 1 aliphatic heterocycles. The van der Waals surface area contributed by atoms with E-state index in [0.717, 1.165) is 30.3 Å². The number of fused-ring (bicyclic) bond motifs is 1. The van der Waals surface area contributed by atoms with E-state index in [1.165, 1.54) is 25.7 Å². The van der Waals surface area contributed by atoms with Gasteiger partial charge in [-0.2, -0.15) is 12.8 Å².